The number of rotatable bonds is 4. The first kappa shape index (κ1) is 13.2. The zero-order valence-electron chi connectivity index (χ0n) is 11.1. The molecule has 0 spiro atoms. The Hall–Kier alpha value is -0.770. The van der Waals surface area contributed by atoms with E-state index in [1.165, 1.54) is 24.1 Å². The van der Waals surface area contributed by atoms with Gasteiger partial charge in [-0.05, 0) is 43.4 Å². The van der Waals surface area contributed by atoms with Gasteiger partial charge in [-0.15, -0.1) is 0 Å². The number of piperidine rings is 1. The molecule has 0 amide bonds. The first-order valence-electron chi connectivity index (χ1n) is 7.17. The number of halogens is 1. The Morgan fingerprint density at radius 1 is 1.32 bits per heavy atom. The summed E-state index contributed by atoms with van der Waals surface area (Å²) in [6, 6.07) is 6.79. The predicted molar refractivity (Wildman–Crippen MR) is 78.8 cm³/mol. The maximum Gasteiger partial charge on any atom is 0.0715 e. The second-order valence-electron chi connectivity index (χ2n) is 5.67. The molecule has 3 rings (SSSR count). The van der Waals surface area contributed by atoms with Gasteiger partial charge >= 0.3 is 0 Å². The molecule has 1 aromatic rings. The summed E-state index contributed by atoms with van der Waals surface area (Å²) in [6.07, 6.45) is 4.34. The molecule has 1 saturated heterocycles. The van der Waals surface area contributed by atoms with E-state index in [1.54, 1.807) is 0 Å². The highest BCUT2D eigenvalue weighted by molar-refractivity contribution is 6.30. The van der Waals surface area contributed by atoms with Crippen LogP contribution in [0.5, 0.6) is 0 Å². The molecule has 19 heavy (non-hydrogen) atoms. The molecule has 1 heterocycles. The van der Waals surface area contributed by atoms with Crippen molar-refractivity contribution in [2.45, 2.75) is 44.4 Å². The number of nitrogens with zero attached hydrogens (tertiary/aromatic N) is 1. The molecule has 2 N–H and O–H groups in total. The Kier molecular flexibility index (Phi) is 3.96. The number of benzene rings is 1. The largest absolute Gasteiger partial charge is 0.391 e. The topological polar surface area (TPSA) is 35.5 Å². The monoisotopic (exact) mass is 280 g/mol. The van der Waals surface area contributed by atoms with E-state index >= 15 is 0 Å². The zero-order valence-corrected chi connectivity index (χ0v) is 11.9. The lowest BCUT2D eigenvalue weighted by Crippen LogP contribution is -2.39. The van der Waals surface area contributed by atoms with E-state index in [1.807, 2.05) is 12.1 Å². The Bertz CT molecular complexity index is 448. The van der Waals surface area contributed by atoms with Crippen molar-refractivity contribution in [3.05, 3.63) is 28.8 Å². The predicted octanol–water partition coefficient (Wildman–Crippen LogP) is 2.55. The van der Waals surface area contributed by atoms with Crippen molar-refractivity contribution in [1.82, 2.24) is 5.32 Å². The van der Waals surface area contributed by atoms with Gasteiger partial charge in [0.2, 0.25) is 0 Å². The van der Waals surface area contributed by atoms with Gasteiger partial charge in [0.1, 0.15) is 0 Å². The molecule has 1 saturated carbocycles. The minimum atomic E-state index is -0.211. The lowest BCUT2D eigenvalue weighted by molar-refractivity contribution is 0.154. The summed E-state index contributed by atoms with van der Waals surface area (Å²) in [4.78, 5) is 2.27. The minimum Gasteiger partial charge on any atom is -0.391 e. The van der Waals surface area contributed by atoms with E-state index < -0.39 is 0 Å². The summed E-state index contributed by atoms with van der Waals surface area (Å²) in [7, 11) is 0. The van der Waals surface area contributed by atoms with E-state index in [-0.39, 0.29) is 6.10 Å². The smallest absolute Gasteiger partial charge is 0.0715 e. The number of hydrogen-bond acceptors (Lipinski definition) is 3. The normalized spacial score (nSPS) is 23.7. The summed E-state index contributed by atoms with van der Waals surface area (Å²) in [6.45, 7) is 2.62. The van der Waals surface area contributed by atoms with Gasteiger partial charge in [-0.1, -0.05) is 17.7 Å². The summed E-state index contributed by atoms with van der Waals surface area (Å²) < 4.78 is 0. The van der Waals surface area contributed by atoms with Crippen LogP contribution in [0.1, 0.15) is 31.2 Å². The number of anilines is 1. The van der Waals surface area contributed by atoms with Crippen LogP contribution in [0.25, 0.3) is 0 Å². The summed E-state index contributed by atoms with van der Waals surface area (Å²) in [5.41, 5.74) is 2.46. The van der Waals surface area contributed by atoms with Crippen LogP contribution in [0.4, 0.5) is 5.69 Å². The van der Waals surface area contributed by atoms with Crippen molar-refractivity contribution < 1.29 is 5.11 Å². The van der Waals surface area contributed by atoms with E-state index in [4.69, 9.17) is 11.6 Å². The lowest BCUT2D eigenvalue weighted by atomic mass is 10.1. The van der Waals surface area contributed by atoms with Crippen LogP contribution in [-0.4, -0.2) is 30.3 Å². The van der Waals surface area contributed by atoms with Gasteiger partial charge in [0.15, 0.2) is 0 Å². The molecule has 1 atom stereocenters. The third-order valence-corrected chi connectivity index (χ3v) is 4.18. The Labute approximate surface area is 119 Å². The van der Waals surface area contributed by atoms with Crippen LogP contribution in [-0.2, 0) is 6.54 Å². The molecule has 1 aliphatic heterocycles. The lowest BCUT2D eigenvalue weighted by Gasteiger charge is -2.33. The molecule has 0 aromatic heterocycles. The molecule has 2 fully saturated rings. The quantitative estimate of drug-likeness (QED) is 0.890. The molecule has 1 aromatic carbocycles. The fourth-order valence-electron chi connectivity index (χ4n) is 2.70. The van der Waals surface area contributed by atoms with Crippen LogP contribution in [0.15, 0.2) is 18.2 Å². The minimum absolute atomic E-state index is 0.211. The molecule has 104 valence electrons. The molecular weight excluding hydrogens is 260 g/mol. The van der Waals surface area contributed by atoms with Crippen LogP contribution in [0.3, 0.4) is 0 Å². The first-order valence-corrected chi connectivity index (χ1v) is 7.55. The van der Waals surface area contributed by atoms with E-state index in [0.717, 1.165) is 37.5 Å². The molecular formula is C15H21ClN2O. The Morgan fingerprint density at radius 2 is 2.16 bits per heavy atom. The van der Waals surface area contributed by atoms with Crippen molar-refractivity contribution in [3.63, 3.8) is 0 Å². The summed E-state index contributed by atoms with van der Waals surface area (Å²) in [5.74, 6) is 0. The SMILES string of the molecule is OC1CCCN(c2cc(Cl)ccc2CNC2CC2)C1. The maximum absolute atomic E-state index is 9.84. The van der Waals surface area contributed by atoms with E-state index in [2.05, 4.69) is 16.3 Å². The van der Waals surface area contributed by atoms with E-state index in [0.29, 0.717) is 6.04 Å². The fourth-order valence-corrected chi connectivity index (χ4v) is 2.86. The van der Waals surface area contributed by atoms with Gasteiger partial charge in [0.25, 0.3) is 0 Å². The Balaban J connectivity index is 1.77. The number of aliphatic hydroxyl groups is 1. The van der Waals surface area contributed by atoms with Crippen molar-refractivity contribution in [3.8, 4) is 0 Å². The van der Waals surface area contributed by atoms with Gasteiger partial charge in [0, 0.05) is 36.4 Å². The van der Waals surface area contributed by atoms with Gasteiger partial charge < -0.3 is 15.3 Å². The third-order valence-electron chi connectivity index (χ3n) is 3.94. The molecule has 2 aliphatic rings. The van der Waals surface area contributed by atoms with Crippen molar-refractivity contribution in [2.24, 2.45) is 0 Å². The maximum atomic E-state index is 9.84. The third kappa shape index (κ3) is 3.41. The highest BCUT2D eigenvalue weighted by atomic mass is 35.5. The second kappa shape index (κ2) is 5.70. The van der Waals surface area contributed by atoms with Crippen molar-refractivity contribution in [1.29, 1.82) is 0 Å². The van der Waals surface area contributed by atoms with E-state index in [9.17, 15) is 5.11 Å². The highest BCUT2D eigenvalue weighted by Gasteiger charge is 2.23. The number of aliphatic hydroxyl groups excluding tert-OH is 1. The van der Waals surface area contributed by atoms with Gasteiger partial charge in [0.05, 0.1) is 6.10 Å². The van der Waals surface area contributed by atoms with Gasteiger partial charge in [-0.3, -0.25) is 0 Å². The average molecular weight is 281 g/mol. The molecule has 4 heteroatoms. The Morgan fingerprint density at radius 3 is 2.89 bits per heavy atom. The van der Waals surface area contributed by atoms with Crippen molar-refractivity contribution in [2.75, 3.05) is 18.0 Å². The molecule has 0 radical (unpaired) electrons. The first-order chi connectivity index (χ1) is 9.22. The molecule has 1 unspecified atom stereocenters. The standard InChI is InChI=1S/C15H21ClN2O/c16-12-4-3-11(9-17-13-5-6-13)15(8-12)18-7-1-2-14(19)10-18/h3-4,8,13-14,17,19H,1-2,5-7,9-10H2. The number of nitrogens with one attached hydrogen (secondary N) is 1. The number of β-amino-alcohol motifs (C(OH)–C–C–N with tert-alkyl or cyclic N) is 1. The van der Waals surface area contributed by atoms with Gasteiger partial charge in [-0.25, -0.2) is 0 Å². The van der Waals surface area contributed by atoms with Crippen LogP contribution in [0, 0.1) is 0 Å². The zero-order chi connectivity index (χ0) is 13.2. The molecule has 3 nitrogen and oxygen atoms in total. The van der Waals surface area contributed by atoms with Crippen LogP contribution < -0.4 is 10.2 Å². The molecule has 1 aliphatic carbocycles. The fraction of sp³-hybridized carbons (Fsp3) is 0.600. The van der Waals surface area contributed by atoms with Crippen LogP contribution >= 0.6 is 11.6 Å². The second-order valence-corrected chi connectivity index (χ2v) is 6.11. The molecule has 0 bridgehead atoms. The van der Waals surface area contributed by atoms with Gasteiger partial charge in [-0.2, -0.15) is 0 Å². The number of hydrogen-bond donors (Lipinski definition) is 2. The van der Waals surface area contributed by atoms with Crippen molar-refractivity contribution >= 4 is 17.3 Å². The highest BCUT2D eigenvalue weighted by Crippen LogP contribution is 2.28. The summed E-state index contributed by atoms with van der Waals surface area (Å²) >= 11 is 6.14. The average Bonchev–Trinajstić information content (AvgIpc) is 3.21. The van der Waals surface area contributed by atoms with Crippen LogP contribution in [0.2, 0.25) is 5.02 Å². The summed E-state index contributed by atoms with van der Waals surface area (Å²) in [5, 5.41) is 14.2.